The number of urea groups is 1. The molecule has 3 atom stereocenters. The van der Waals surface area contributed by atoms with Crippen LogP contribution in [0.25, 0.3) is 6.08 Å². The summed E-state index contributed by atoms with van der Waals surface area (Å²) in [5, 5.41) is 9.29. The van der Waals surface area contributed by atoms with Crippen LogP contribution in [-0.4, -0.2) is 40.0 Å². The Labute approximate surface area is 246 Å². The number of nitrogens with zero attached hydrogens (tertiary/aromatic N) is 3. The first-order valence-electron chi connectivity index (χ1n) is 13.7. The number of allylic oxidation sites excluding steroid dienone is 1. The molecule has 0 radical (unpaired) electrons. The van der Waals surface area contributed by atoms with Crippen LogP contribution in [0.5, 0.6) is 0 Å². The number of rotatable bonds is 5. The van der Waals surface area contributed by atoms with Gasteiger partial charge in [0.05, 0.1) is 11.8 Å². The molecule has 2 fully saturated rings. The van der Waals surface area contributed by atoms with Crippen molar-refractivity contribution in [3.8, 4) is 0 Å². The highest BCUT2D eigenvalue weighted by Gasteiger charge is 2.51. The minimum absolute atomic E-state index is 0.178. The van der Waals surface area contributed by atoms with Crippen LogP contribution in [0.4, 0.5) is 13.6 Å². The van der Waals surface area contributed by atoms with Gasteiger partial charge in [0.25, 0.3) is 11.8 Å². The van der Waals surface area contributed by atoms with Gasteiger partial charge in [-0.3, -0.25) is 14.5 Å². The minimum atomic E-state index is -1.37. The molecule has 214 valence electrons. The van der Waals surface area contributed by atoms with Crippen LogP contribution in [0.1, 0.15) is 48.9 Å². The normalized spacial score (nSPS) is 24.6. The maximum absolute atomic E-state index is 13.9. The molecule has 2 aliphatic heterocycles. The lowest BCUT2D eigenvalue weighted by Gasteiger charge is -2.30. The van der Waals surface area contributed by atoms with Crippen molar-refractivity contribution in [2.75, 3.05) is 6.54 Å². The molecular weight excluding hydrogens is 562 g/mol. The zero-order valence-electron chi connectivity index (χ0n) is 22.7. The van der Waals surface area contributed by atoms with Gasteiger partial charge in [0.15, 0.2) is 0 Å². The quantitative estimate of drug-likeness (QED) is 0.360. The molecule has 42 heavy (non-hydrogen) atoms. The first kappa shape index (κ1) is 27.8. The van der Waals surface area contributed by atoms with Crippen molar-refractivity contribution in [2.24, 2.45) is 11.0 Å². The summed E-state index contributed by atoms with van der Waals surface area (Å²) in [6.45, 7) is 1.06. The Hall–Kier alpha value is -4.37. The van der Waals surface area contributed by atoms with Crippen molar-refractivity contribution in [2.45, 2.75) is 37.8 Å². The zero-order chi connectivity index (χ0) is 29.6. The average Bonchev–Trinajstić information content (AvgIpc) is 3.47. The summed E-state index contributed by atoms with van der Waals surface area (Å²) in [5.41, 5.74) is 2.31. The molecule has 6 rings (SSSR count). The van der Waals surface area contributed by atoms with Crippen LogP contribution in [0, 0.1) is 17.6 Å². The number of hydrogen-bond donors (Lipinski definition) is 1. The van der Waals surface area contributed by atoms with Crippen LogP contribution in [0.15, 0.2) is 83.5 Å². The summed E-state index contributed by atoms with van der Waals surface area (Å²) in [6.07, 6.45) is 4.23. The third-order valence-corrected chi connectivity index (χ3v) is 8.42. The Kier molecular flexibility index (Phi) is 7.14. The molecule has 4 amide bonds. The molecule has 10 heteroatoms. The number of nitrogens with one attached hydrogen (secondary N) is 1. The lowest BCUT2D eigenvalue weighted by Crippen LogP contribution is -2.44. The summed E-state index contributed by atoms with van der Waals surface area (Å²) in [7, 11) is 0. The van der Waals surface area contributed by atoms with E-state index in [0.29, 0.717) is 16.1 Å². The third kappa shape index (κ3) is 4.98. The standard InChI is InChI=1S/C32H27ClF2N4O3/c1-32(22-9-11-23(33)12-10-22)30(41)38(31(42)36-32)18-27(40)39-29(20-7-15-25(35)16-8-20)26-4-2-3-21(28(26)37-39)17-19-5-13-24(34)14-6-19/h5-17,26,29H,2-4,18H2,1H3,(H,36,42)/b21-17+/t26-,29+,32+/m1/s1. The van der Waals surface area contributed by atoms with Crippen molar-refractivity contribution < 1.29 is 23.2 Å². The molecule has 0 bridgehead atoms. The summed E-state index contributed by atoms with van der Waals surface area (Å²) >= 11 is 6.00. The zero-order valence-corrected chi connectivity index (χ0v) is 23.4. The fourth-order valence-electron chi connectivity index (χ4n) is 5.99. The first-order chi connectivity index (χ1) is 20.1. The summed E-state index contributed by atoms with van der Waals surface area (Å²) < 4.78 is 27.3. The Balaban J connectivity index is 1.32. The fourth-order valence-corrected chi connectivity index (χ4v) is 6.11. The van der Waals surface area contributed by atoms with E-state index in [1.807, 2.05) is 6.08 Å². The van der Waals surface area contributed by atoms with Gasteiger partial charge in [-0.15, -0.1) is 0 Å². The van der Waals surface area contributed by atoms with Crippen molar-refractivity contribution in [1.29, 1.82) is 0 Å². The van der Waals surface area contributed by atoms with Gasteiger partial charge >= 0.3 is 6.03 Å². The smallest absolute Gasteiger partial charge is 0.319 e. The lowest BCUT2D eigenvalue weighted by molar-refractivity contribution is -0.140. The molecule has 1 aliphatic carbocycles. The van der Waals surface area contributed by atoms with E-state index in [9.17, 15) is 23.2 Å². The highest BCUT2D eigenvalue weighted by Crippen LogP contribution is 2.44. The van der Waals surface area contributed by atoms with Crippen LogP contribution < -0.4 is 5.32 Å². The van der Waals surface area contributed by atoms with Gasteiger partial charge in [0.1, 0.15) is 23.7 Å². The van der Waals surface area contributed by atoms with Gasteiger partial charge in [0.2, 0.25) is 0 Å². The van der Waals surface area contributed by atoms with Crippen molar-refractivity contribution >= 4 is 41.2 Å². The summed E-state index contributed by atoms with van der Waals surface area (Å²) in [4.78, 5) is 41.3. The first-order valence-corrected chi connectivity index (χ1v) is 14.0. The van der Waals surface area contributed by atoms with E-state index < -0.39 is 41.8 Å². The Morgan fingerprint density at radius 3 is 2.33 bits per heavy atom. The van der Waals surface area contributed by atoms with E-state index in [1.165, 1.54) is 29.3 Å². The maximum atomic E-state index is 13.9. The fraction of sp³-hybridized carbons (Fsp3) is 0.250. The van der Waals surface area contributed by atoms with Crippen LogP contribution in [0.2, 0.25) is 5.02 Å². The van der Waals surface area contributed by atoms with Crippen molar-refractivity contribution in [3.05, 3.63) is 112 Å². The molecule has 3 aliphatic rings. The number of amides is 4. The predicted molar refractivity (Wildman–Crippen MR) is 154 cm³/mol. The predicted octanol–water partition coefficient (Wildman–Crippen LogP) is 6.21. The number of fused-ring (bicyclic) bond motifs is 1. The molecule has 3 aromatic rings. The number of hydrazone groups is 1. The molecule has 0 aromatic heterocycles. The van der Waals surface area contributed by atoms with E-state index in [0.717, 1.165) is 41.0 Å². The van der Waals surface area contributed by atoms with E-state index in [2.05, 4.69) is 5.32 Å². The second-order valence-electron chi connectivity index (χ2n) is 10.9. The maximum Gasteiger partial charge on any atom is 0.325 e. The molecule has 3 aromatic carbocycles. The van der Waals surface area contributed by atoms with E-state index in [4.69, 9.17) is 16.7 Å². The number of benzene rings is 3. The van der Waals surface area contributed by atoms with Crippen LogP contribution in [-0.2, 0) is 15.1 Å². The Bertz CT molecular complexity index is 1620. The Morgan fingerprint density at radius 2 is 1.67 bits per heavy atom. The van der Waals surface area contributed by atoms with Gasteiger partial charge in [-0.2, -0.15) is 5.10 Å². The molecule has 1 N–H and O–H groups in total. The number of hydrogen-bond acceptors (Lipinski definition) is 4. The number of halogens is 3. The topological polar surface area (TPSA) is 82.1 Å². The SMILES string of the molecule is C[C@@]1(c2ccc(Cl)cc2)NC(=O)N(CC(=O)N2N=C3/C(=C/c4ccc(F)cc4)CCC[C@H]3[C@@H]2c2ccc(F)cc2)C1=O. The van der Waals surface area contributed by atoms with Crippen molar-refractivity contribution in [3.63, 3.8) is 0 Å². The molecule has 7 nitrogen and oxygen atoms in total. The van der Waals surface area contributed by atoms with E-state index in [-0.39, 0.29) is 11.7 Å². The summed E-state index contributed by atoms with van der Waals surface area (Å²) in [6, 6.07) is 17.4. The minimum Gasteiger partial charge on any atom is -0.319 e. The second kappa shape index (κ2) is 10.8. The molecule has 1 saturated carbocycles. The third-order valence-electron chi connectivity index (χ3n) is 8.17. The monoisotopic (exact) mass is 588 g/mol. The molecular formula is C32H27ClF2N4O3. The van der Waals surface area contributed by atoms with Gasteiger partial charge in [-0.05, 0) is 90.9 Å². The van der Waals surface area contributed by atoms with Gasteiger partial charge in [-0.25, -0.2) is 18.6 Å². The van der Waals surface area contributed by atoms with E-state index >= 15 is 0 Å². The highest BCUT2D eigenvalue weighted by molar-refractivity contribution is 6.30. The van der Waals surface area contributed by atoms with Gasteiger partial charge in [0, 0.05) is 10.9 Å². The van der Waals surface area contributed by atoms with E-state index in [1.54, 1.807) is 55.5 Å². The summed E-state index contributed by atoms with van der Waals surface area (Å²) in [5.74, 6) is -2.03. The van der Waals surface area contributed by atoms with Gasteiger partial charge < -0.3 is 5.32 Å². The lowest BCUT2D eigenvalue weighted by atomic mass is 9.77. The Morgan fingerprint density at radius 1 is 1.02 bits per heavy atom. The largest absolute Gasteiger partial charge is 0.325 e. The molecule has 0 spiro atoms. The molecule has 2 heterocycles. The van der Waals surface area contributed by atoms with Gasteiger partial charge in [-0.1, -0.05) is 48.0 Å². The number of carbonyl (C=O) groups is 3. The average molecular weight is 589 g/mol. The van der Waals surface area contributed by atoms with Crippen molar-refractivity contribution in [1.82, 2.24) is 15.2 Å². The second-order valence-corrected chi connectivity index (χ2v) is 11.3. The molecule has 1 saturated heterocycles. The highest BCUT2D eigenvalue weighted by atomic mass is 35.5. The van der Waals surface area contributed by atoms with Crippen LogP contribution in [0.3, 0.4) is 0 Å². The molecule has 0 unspecified atom stereocenters. The number of carbonyl (C=O) groups excluding carboxylic acids is 3. The number of imide groups is 1. The van der Waals surface area contributed by atoms with Crippen LogP contribution >= 0.6 is 11.6 Å².